The van der Waals surface area contributed by atoms with Crippen LogP contribution in [0.5, 0.6) is 0 Å². The number of hydrogen-bond donors (Lipinski definition) is 0. The fourth-order valence-corrected chi connectivity index (χ4v) is 4.75. The van der Waals surface area contributed by atoms with Gasteiger partial charge in [-0.2, -0.15) is 8.42 Å². The average Bonchev–Trinajstić information content (AvgIpc) is 2.54. The summed E-state index contributed by atoms with van der Waals surface area (Å²) in [7, 11) is -4.60. The van der Waals surface area contributed by atoms with Gasteiger partial charge in [-0.15, -0.1) is 6.58 Å². The van der Waals surface area contributed by atoms with Gasteiger partial charge in [0.15, 0.2) is 0 Å². The van der Waals surface area contributed by atoms with Crippen LogP contribution in [0.1, 0.15) is 24.8 Å². The van der Waals surface area contributed by atoms with Gasteiger partial charge in [0.25, 0.3) is 10.1 Å². The molecule has 1 aliphatic heterocycles. The van der Waals surface area contributed by atoms with Crippen molar-refractivity contribution >= 4 is 20.9 Å². The fraction of sp³-hybridized carbons (Fsp3) is 0.556. The van der Waals surface area contributed by atoms with E-state index in [4.69, 9.17) is 8.92 Å². The van der Waals surface area contributed by atoms with Gasteiger partial charge in [-0.25, -0.2) is 0 Å². The predicted octanol–water partition coefficient (Wildman–Crippen LogP) is 2.82. The van der Waals surface area contributed by atoms with Crippen molar-refractivity contribution in [3.63, 3.8) is 0 Å². The van der Waals surface area contributed by atoms with Crippen molar-refractivity contribution in [3.8, 4) is 0 Å². The van der Waals surface area contributed by atoms with Crippen LogP contribution in [0, 0.1) is 12.8 Å². The number of benzene rings is 1. The van der Waals surface area contributed by atoms with Gasteiger partial charge in [-0.3, -0.25) is 8.39 Å². The molecule has 3 atom stereocenters. The third kappa shape index (κ3) is 6.33. The Balaban J connectivity index is 1.99. The number of aryl methyl sites for hydroxylation is 1. The van der Waals surface area contributed by atoms with Gasteiger partial charge in [-0.05, 0) is 38.3 Å². The molecule has 0 saturated carbocycles. The first-order valence-corrected chi connectivity index (χ1v) is 11.4. The van der Waals surface area contributed by atoms with Gasteiger partial charge in [0.05, 0.1) is 41.6 Å². The molecular weight excluding hydrogens is 360 g/mol. The zero-order chi connectivity index (χ0) is 18.5. The summed E-state index contributed by atoms with van der Waals surface area (Å²) >= 11 is 0. The van der Waals surface area contributed by atoms with Crippen molar-refractivity contribution in [2.75, 3.05) is 25.2 Å². The summed E-state index contributed by atoms with van der Waals surface area (Å²) in [4.78, 5) is 0.792. The molecule has 1 aromatic rings. The lowest BCUT2D eigenvalue weighted by molar-refractivity contribution is -0.0897. The normalized spacial score (nSPS) is 25.4. The molecule has 1 saturated heterocycles. The van der Waals surface area contributed by atoms with Crippen LogP contribution in [0.2, 0.25) is 0 Å². The smallest absolute Gasteiger partial charge is 0.264 e. The van der Waals surface area contributed by atoms with E-state index in [1.807, 2.05) is 31.2 Å². The first-order valence-electron chi connectivity index (χ1n) is 8.27. The summed E-state index contributed by atoms with van der Waals surface area (Å²) in [6, 6.07) is 7.68. The minimum Gasteiger partial charge on any atom is -0.373 e. The Morgan fingerprint density at radius 3 is 2.60 bits per heavy atom. The van der Waals surface area contributed by atoms with Crippen molar-refractivity contribution in [3.05, 3.63) is 42.5 Å². The molecule has 0 spiro atoms. The first kappa shape index (κ1) is 20.3. The summed E-state index contributed by atoms with van der Waals surface area (Å²) in [6.45, 7) is 6.32. The Kier molecular flexibility index (Phi) is 6.96. The van der Waals surface area contributed by atoms with Crippen molar-refractivity contribution in [2.45, 2.75) is 36.7 Å². The molecule has 5 nitrogen and oxygen atoms in total. The summed E-state index contributed by atoms with van der Waals surface area (Å²) in [5.74, 6) is 0.433. The Labute approximate surface area is 153 Å². The number of ether oxygens (including phenoxy) is 1. The SMILES string of the molecule is C=CC[C@]1(C[S@@](=O)c2ccc(C)cc2)CC[C@@H](COS(C)(=O)=O)CO1. The lowest BCUT2D eigenvalue weighted by Gasteiger charge is -2.39. The third-order valence-electron chi connectivity index (χ3n) is 4.35. The minimum absolute atomic E-state index is 0.0282. The van der Waals surface area contributed by atoms with Crippen molar-refractivity contribution in [1.29, 1.82) is 0 Å². The Morgan fingerprint density at radius 1 is 1.40 bits per heavy atom. The van der Waals surface area contributed by atoms with E-state index in [9.17, 15) is 12.6 Å². The lowest BCUT2D eigenvalue weighted by atomic mass is 9.88. The average molecular weight is 387 g/mol. The highest BCUT2D eigenvalue weighted by molar-refractivity contribution is 7.86. The zero-order valence-corrected chi connectivity index (χ0v) is 16.4. The highest BCUT2D eigenvalue weighted by Gasteiger charge is 2.37. The second-order valence-corrected chi connectivity index (χ2v) is 9.78. The molecule has 0 aromatic heterocycles. The number of rotatable bonds is 8. The summed E-state index contributed by atoms with van der Waals surface area (Å²) in [5, 5.41) is 0. The molecule has 140 valence electrons. The van der Waals surface area contributed by atoms with Crippen LogP contribution in [0.25, 0.3) is 0 Å². The Bertz CT molecular complexity index is 701. The molecule has 0 amide bonds. The van der Waals surface area contributed by atoms with Crippen LogP contribution in [0.3, 0.4) is 0 Å². The molecule has 1 aliphatic rings. The zero-order valence-electron chi connectivity index (χ0n) is 14.8. The molecule has 7 heteroatoms. The summed E-state index contributed by atoms with van der Waals surface area (Å²) in [6.07, 6.45) is 4.93. The van der Waals surface area contributed by atoms with Crippen LogP contribution in [0.4, 0.5) is 0 Å². The summed E-state index contributed by atoms with van der Waals surface area (Å²) in [5.41, 5.74) is 0.614. The van der Waals surface area contributed by atoms with E-state index in [0.29, 0.717) is 25.2 Å². The molecular formula is C18H26O5S2. The number of hydrogen-bond acceptors (Lipinski definition) is 5. The van der Waals surface area contributed by atoms with Crippen molar-refractivity contribution in [2.24, 2.45) is 5.92 Å². The molecule has 2 rings (SSSR count). The van der Waals surface area contributed by atoms with E-state index >= 15 is 0 Å². The molecule has 0 aliphatic carbocycles. The summed E-state index contributed by atoms with van der Waals surface area (Å²) < 4.78 is 45.9. The molecule has 1 heterocycles. The predicted molar refractivity (Wildman–Crippen MR) is 99.5 cm³/mol. The molecule has 1 aromatic carbocycles. The Hall–Kier alpha value is -1.02. The second-order valence-electron chi connectivity index (χ2n) is 6.68. The van der Waals surface area contributed by atoms with Crippen LogP contribution >= 0.6 is 0 Å². The second kappa shape index (κ2) is 8.58. The van der Waals surface area contributed by atoms with Crippen LogP contribution in [-0.2, 0) is 29.8 Å². The molecule has 0 bridgehead atoms. The maximum Gasteiger partial charge on any atom is 0.264 e. The van der Waals surface area contributed by atoms with Gasteiger partial charge in [-0.1, -0.05) is 23.8 Å². The maximum atomic E-state index is 12.7. The largest absolute Gasteiger partial charge is 0.373 e. The van der Waals surface area contributed by atoms with Crippen molar-refractivity contribution < 1.29 is 21.5 Å². The molecule has 25 heavy (non-hydrogen) atoms. The molecule has 0 unspecified atom stereocenters. The van der Waals surface area contributed by atoms with Crippen molar-refractivity contribution in [1.82, 2.24) is 0 Å². The Morgan fingerprint density at radius 2 is 2.08 bits per heavy atom. The van der Waals surface area contributed by atoms with E-state index in [2.05, 4.69) is 6.58 Å². The first-order chi connectivity index (χ1) is 11.7. The van der Waals surface area contributed by atoms with Gasteiger partial charge in [0.2, 0.25) is 0 Å². The highest BCUT2D eigenvalue weighted by Crippen LogP contribution is 2.33. The quantitative estimate of drug-likeness (QED) is 0.508. The standard InChI is InChI=1S/C18H26O5S2/c1-4-10-18(14-24(19)17-7-5-15(2)6-8-17)11-9-16(12-22-18)13-23-25(3,20)21/h4-8,16H,1,9-14H2,2-3H3/t16-,18-,24-/m1/s1. The fourth-order valence-electron chi connectivity index (χ4n) is 2.88. The van der Waals surface area contributed by atoms with Crippen LogP contribution in [-0.4, -0.2) is 43.5 Å². The van der Waals surface area contributed by atoms with E-state index in [-0.39, 0.29) is 12.5 Å². The third-order valence-corrected chi connectivity index (χ3v) is 6.50. The monoisotopic (exact) mass is 386 g/mol. The van der Waals surface area contributed by atoms with Gasteiger partial charge in [0.1, 0.15) is 0 Å². The van der Waals surface area contributed by atoms with E-state index in [0.717, 1.165) is 23.1 Å². The molecule has 0 N–H and O–H groups in total. The minimum atomic E-state index is -3.44. The van der Waals surface area contributed by atoms with Crippen LogP contribution < -0.4 is 0 Å². The molecule has 0 radical (unpaired) electrons. The van der Waals surface area contributed by atoms with E-state index in [1.165, 1.54) is 0 Å². The van der Waals surface area contributed by atoms with E-state index < -0.39 is 26.5 Å². The van der Waals surface area contributed by atoms with Crippen LogP contribution in [0.15, 0.2) is 41.8 Å². The topological polar surface area (TPSA) is 69.7 Å². The van der Waals surface area contributed by atoms with E-state index in [1.54, 1.807) is 6.08 Å². The maximum absolute atomic E-state index is 12.7. The van der Waals surface area contributed by atoms with Gasteiger partial charge >= 0.3 is 0 Å². The van der Waals surface area contributed by atoms with Gasteiger partial charge < -0.3 is 4.74 Å². The lowest BCUT2D eigenvalue weighted by Crippen LogP contribution is -2.44. The highest BCUT2D eigenvalue weighted by atomic mass is 32.2. The molecule has 1 fully saturated rings. The van der Waals surface area contributed by atoms with Gasteiger partial charge in [0, 0.05) is 10.8 Å².